The van der Waals surface area contributed by atoms with Crippen LogP contribution in [0.5, 0.6) is 0 Å². The minimum Gasteiger partial charge on any atom is -0.318 e. The van der Waals surface area contributed by atoms with Crippen LogP contribution in [0.3, 0.4) is 0 Å². The number of aromatic nitrogens is 3. The molecule has 1 N–H and O–H groups in total. The third-order valence-corrected chi connectivity index (χ3v) is 6.64. The molecule has 1 aromatic carbocycles. The monoisotopic (exact) mass is 436 g/mol. The topological polar surface area (TPSA) is 76.9 Å². The van der Waals surface area contributed by atoms with Gasteiger partial charge >= 0.3 is 0 Å². The summed E-state index contributed by atoms with van der Waals surface area (Å²) in [5, 5.41) is 8.05. The summed E-state index contributed by atoms with van der Waals surface area (Å²) < 4.78 is 1.74. The summed E-state index contributed by atoms with van der Waals surface area (Å²) in [6, 6.07) is 11.8. The Balaban J connectivity index is 1.50. The molecular formula is C22H20N4O2S2. The highest BCUT2D eigenvalue weighted by atomic mass is 32.1. The molecule has 4 rings (SSSR count). The number of thiazole rings is 1. The summed E-state index contributed by atoms with van der Waals surface area (Å²) >= 11 is 2.96. The Hall–Kier alpha value is -3.10. The number of hydrogen-bond acceptors (Lipinski definition) is 6. The molecule has 30 heavy (non-hydrogen) atoms. The zero-order valence-electron chi connectivity index (χ0n) is 16.8. The van der Waals surface area contributed by atoms with Crippen LogP contribution in [-0.2, 0) is 6.54 Å². The first kappa shape index (κ1) is 20.2. The average molecular weight is 437 g/mol. The van der Waals surface area contributed by atoms with Crippen molar-refractivity contribution < 1.29 is 9.59 Å². The first-order chi connectivity index (χ1) is 14.4. The predicted molar refractivity (Wildman–Crippen MR) is 121 cm³/mol. The lowest BCUT2D eigenvalue weighted by Crippen LogP contribution is -2.13. The quantitative estimate of drug-likeness (QED) is 0.422. The van der Waals surface area contributed by atoms with Crippen LogP contribution in [0.4, 0.5) is 5.69 Å². The van der Waals surface area contributed by atoms with Gasteiger partial charge in [0.25, 0.3) is 5.91 Å². The maximum atomic E-state index is 12.9. The number of rotatable bonds is 6. The van der Waals surface area contributed by atoms with Crippen molar-refractivity contribution in [3.8, 4) is 10.4 Å². The Morgan fingerprint density at radius 1 is 1.13 bits per heavy atom. The molecule has 4 aromatic rings. The number of carbonyl (C=O) groups excluding carboxylic acids is 2. The SMILES string of the molecule is CC(=O)c1ccc(Cn2cc(NC(=O)c3nc(C)sc3-c3cccc(C)c3)cn2)s1. The van der Waals surface area contributed by atoms with Gasteiger partial charge in [-0.1, -0.05) is 29.8 Å². The van der Waals surface area contributed by atoms with Gasteiger partial charge in [-0.25, -0.2) is 4.98 Å². The number of nitrogens with one attached hydrogen (secondary N) is 1. The van der Waals surface area contributed by atoms with Crippen LogP contribution in [0.2, 0.25) is 0 Å². The lowest BCUT2D eigenvalue weighted by Gasteiger charge is -2.04. The molecule has 0 bridgehead atoms. The number of carbonyl (C=O) groups is 2. The molecule has 152 valence electrons. The Bertz CT molecular complexity index is 1240. The number of aryl methyl sites for hydroxylation is 2. The maximum absolute atomic E-state index is 12.9. The fourth-order valence-corrected chi connectivity index (χ4v) is 4.89. The maximum Gasteiger partial charge on any atom is 0.275 e. The number of benzene rings is 1. The van der Waals surface area contributed by atoms with Crippen molar-refractivity contribution in [2.45, 2.75) is 27.3 Å². The van der Waals surface area contributed by atoms with Crippen LogP contribution < -0.4 is 5.32 Å². The number of ketones is 1. The molecule has 0 saturated carbocycles. The molecule has 3 heterocycles. The molecule has 0 aliphatic heterocycles. The molecular weight excluding hydrogens is 416 g/mol. The molecule has 0 saturated heterocycles. The second kappa shape index (κ2) is 8.33. The molecule has 6 nitrogen and oxygen atoms in total. The molecule has 0 atom stereocenters. The van der Waals surface area contributed by atoms with Crippen molar-refractivity contribution >= 4 is 40.1 Å². The molecule has 0 spiro atoms. The summed E-state index contributed by atoms with van der Waals surface area (Å²) in [6.07, 6.45) is 3.39. The Labute approximate surface area is 182 Å². The van der Waals surface area contributed by atoms with Crippen molar-refractivity contribution in [3.05, 3.63) is 74.8 Å². The fraction of sp³-hybridized carbons (Fsp3) is 0.182. The second-order valence-electron chi connectivity index (χ2n) is 6.98. The molecule has 0 fully saturated rings. The summed E-state index contributed by atoms with van der Waals surface area (Å²) in [6.45, 7) is 6.02. The minimum atomic E-state index is -0.259. The van der Waals surface area contributed by atoms with Gasteiger partial charge in [-0.2, -0.15) is 5.10 Å². The van der Waals surface area contributed by atoms with Crippen molar-refractivity contribution in [2.24, 2.45) is 0 Å². The fourth-order valence-electron chi connectivity index (χ4n) is 3.08. The number of Topliss-reactive ketones (excluding diaryl/α,β-unsaturated/α-hetero) is 1. The van der Waals surface area contributed by atoms with Gasteiger partial charge in [0.2, 0.25) is 0 Å². The van der Waals surface area contributed by atoms with Gasteiger partial charge < -0.3 is 5.32 Å². The van der Waals surface area contributed by atoms with Gasteiger partial charge in [0, 0.05) is 11.1 Å². The Morgan fingerprint density at radius 3 is 2.70 bits per heavy atom. The van der Waals surface area contributed by atoms with Crippen LogP contribution in [0.1, 0.15) is 42.5 Å². The zero-order chi connectivity index (χ0) is 21.3. The van der Waals surface area contributed by atoms with E-state index in [4.69, 9.17) is 0 Å². The second-order valence-corrected chi connectivity index (χ2v) is 9.35. The van der Waals surface area contributed by atoms with Gasteiger partial charge in [-0.05, 0) is 38.5 Å². The average Bonchev–Trinajstić information content (AvgIpc) is 3.42. The minimum absolute atomic E-state index is 0.0580. The van der Waals surface area contributed by atoms with E-state index in [1.165, 1.54) is 22.7 Å². The van der Waals surface area contributed by atoms with E-state index in [0.29, 0.717) is 17.9 Å². The predicted octanol–water partition coefficient (Wildman–Crippen LogP) is 5.19. The van der Waals surface area contributed by atoms with E-state index in [-0.39, 0.29) is 11.7 Å². The normalized spacial score (nSPS) is 10.9. The number of anilines is 1. The number of nitrogens with zero attached hydrogens (tertiary/aromatic N) is 3. The largest absolute Gasteiger partial charge is 0.318 e. The van der Waals surface area contributed by atoms with Gasteiger partial charge in [-0.3, -0.25) is 14.3 Å². The molecule has 0 aliphatic rings. The molecule has 0 aliphatic carbocycles. The van der Waals surface area contributed by atoms with Crippen LogP contribution in [0.15, 0.2) is 48.8 Å². The standard InChI is InChI=1S/C22H20N4O2S2/c1-13-5-4-6-16(9-13)21-20(24-15(3)29-21)22(28)25-17-10-23-26(11-17)12-18-7-8-19(30-18)14(2)27/h4-11H,12H2,1-3H3,(H,25,28). The van der Waals surface area contributed by atoms with Crippen LogP contribution in [0.25, 0.3) is 10.4 Å². The van der Waals surface area contributed by atoms with E-state index < -0.39 is 0 Å². The lowest BCUT2D eigenvalue weighted by atomic mass is 10.1. The van der Waals surface area contributed by atoms with Crippen molar-refractivity contribution in [2.75, 3.05) is 5.32 Å². The van der Waals surface area contributed by atoms with Gasteiger partial charge in [0.1, 0.15) is 5.69 Å². The molecule has 3 aromatic heterocycles. The summed E-state index contributed by atoms with van der Waals surface area (Å²) in [7, 11) is 0. The van der Waals surface area contributed by atoms with Gasteiger partial charge in [-0.15, -0.1) is 22.7 Å². The third kappa shape index (κ3) is 4.39. The van der Waals surface area contributed by atoms with Crippen molar-refractivity contribution in [1.82, 2.24) is 14.8 Å². The van der Waals surface area contributed by atoms with E-state index in [0.717, 1.165) is 30.8 Å². The first-order valence-electron chi connectivity index (χ1n) is 9.37. The highest BCUT2D eigenvalue weighted by molar-refractivity contribution is 7.15. The van der Waals surface area contributed by atoms with E-state index in [9.17, 15) is 9.59 Å². The summed E-state index contributed by atoms with van der Waals surface area (Å²) in [5.74, 6) is -0.201. The van der Waals surface area contributed by atoms with Crippen molar-refractivity contribution in [3.63, 3.8) is 0 Å². The molecule has 0 radical (unpaired) electrons. The van der Waals surface area contributed by atoms with Gasteiger partial charge in [0.05, 0.1) is 33.2 Å². The summed E-state index contributed by atoms with van der Waals surface area (Å²) in [5.41, 5.74) is 3.14. The third-order valence-electron chi connectivity index (χ3n) is 4.45. The van der Waals surface area contributed by atoms with E-state index in [1.54, 1.807) is 24.0 Å². The lowest BCUT2D eigenvalue weighted by molar-refractivity contribution is 0.101. The van der Waals surface area contributed by atoms with Crippen LogP contribution in [0, 0.1) is 13.8 Å². The Morgan fingerprint density at radius 2 is 1.97 bits per heavy atom. The number of thiophene rings is 1. The van der Waals surface area contributed by atoms with E-state index >= 15 is 0 Å². The number of amides is 1. The Kier molecular flexibility index (Phi) is 5.61. The molecule has 8 heteroatoms. The first-order valence-corrected chi connectivity index (χ1v) is 11.0. The number of hydrogen-bond donors (Lipinski definition) is 1. The summed E-state index contributed by atoms with van der Waals surface area (Å²) in [4.78, 5) is 31.4. The van der Waals surface area contributed by atoms with Crippen LogP contribution >= 0.6 is 22.7 Å². The van der Waals surface area contributed by atoms with E-state index in [2.05, 4.69) is 21.5 Å². The van der Waals surface area contributed by atoms with Crippen molar-refractivity contribution in [1.29, 1.82) is 0 Å². The van der Waals surface area contributed by atoms with E-state index in [1.807, 2.05) is 44.2 Å². The van der Waals surface area contributed by atoms with Gasteiger partial charge in [0.15, 0.2) is 5.78 Å². The zero-order valence-corrected chi connectivity index (χ0v) is 18.4. The highest BCUT2D eigenvalue weighted by Crippen LogP contribution is 2.31. The smallest absolute Gasteiger partial charge is 0.275 e. The van der Waals surface area contributed by atoms with Crippen LogP contribution in [-0.4, -0.2) is 26.5 Å². The molecule has 0 unspecified atom stereocenters. The molecule has 1 amide bonds. The highest BCUT2D eigenvalue weighted by Gasteiger charge is 2.19.